The number of hydrogen-bond acceptors (Lipinski definition) is 3. The number of rotatable bonds is 3. The van der Waals surface area contributed by atoms with E-state index in [4.69, 9.17) is 9.52 Å². The van der Waals surface area contributed by atoms with Gasteiger partial charge >= 0.3 is 5.97 Å². The monoisotopic (exact) mass is 239 g/mol. The van der Waals surface area contributed by atoms with Crippen molar-refractivity contribution >= 4 is 11.9 Å². The third kappa shape index (κ3) is 3.09. The maximum absolute atomic E-state index is 11.9. The second-order valence-corrected chi connectivity index (χ2v) is 5.00. The number of amides is 1. The molecule has 0 radical (unpaired) electrons. The fourth-order valence-corrected chi connectivity index (χ4v) is 1.48. The summed E-state index contributed by atoms with van der Waals surface area (Å²) in [5.74, 6) is -1.01. The van der Waals surface area contributed by atoms with Crippen molar-refractivity contribution in [2.45, 2.75) is 33.7 Å². The molecule has 0 unspecified atom stereocenters. The Labute approximate surface area is 99.8 Å². The molecule has 0 aliphatic carbocycles. The number of carbonyl (C=O) groups excluding carboxylic acids is 1. The van der Waals surface area contributed by atoms with Crippen molar-refractivity contribution in [2.24, 2.45) is 5.41 Å². The fourth-order valence-electron chi connectivity index (χ4n) is 1.48. The number of aryl methyl sites for hydroxylation is 1. The summed E-state index contributed by atoms with van der Waals surface area (Å²) in [6.07, 6.45) is 1.40. The van der Waals surface area contributed by atoms with E-state index in [0.29, 0.717) is 11.3 Å². The van der Waals surface area contributed by atoms with Crippen molar-refractivity contribution < 1.29 is 19.1 Å². The van der Waals surface area contributed by atoms with Crippen molar-refractivity contribution in [3.63, 3.8) is 0 Å². The van der Waals surface area contributed by atoms with Gasteiger partial charge < -0.3 is 14.8 Å². The van der Waals surface area contributed by atoms with Gasteiger partial charge in [-0.3, -0.25) is 4.79 Å². The Balaban J connectivity index is 2.86. The molecular weight excluding hydrogens is 222 g/mol. The first-order valence-electron chi connectivity index (χ1n) is 5.31. The second kappa shape index (κ2) is 4.61. The van der Waals surface area contributed by atoms with Crippen LogP contribution in [-0.2, 0) is 4.79 Å². The van der Waals surface area contributed by atoms with Crippen molar-refractivity contribution in [1.29, 1.82) is 0 Å². The van der Waals surface area contributed by atoms with Crippen molar-refractivity contribution in [3.05, 3.63) is 23.7 Å². The van der Waals surface area contributed by atoms with Crippen LogP contribution in [0.25, 0.3) is 0 Å². The van der Waals surface area contributed by atoms with Crippen LogP contribution in [0.5, 0.6) is 0 Å². The van der Waals surface area contributed by atoms with Gasteiger partial charge in [0, 0.05) is 0 Å². The molecule has 1 amide bonds. The average Bonchev–Trinajstić information content (AvgIpc) is 2.58. The van der Waals surface area contributed by atoms with Gasteiger partial charge in [-0.1, -0.05) is 20.8 Å². The van der Waals surface area contributed by atoms with Gasteiger partial charge in [-0.05, 0) is 18.4 Å². The maximum Gasteiger partial charge on any atom is 0.326 e. The molecule has 0 bridgehead atoms. The number of nitrogens with one attached hydrogen (secondary N) is 1. The molecule has 94 valence electrons. The molecule has 5 nitrogen and oxygen atoms in total. The van der Waals surface area contributed by atoms with Gasteiger partial charge in [-0.15, -0.1) is 0 Å². The van der Waals surface area contributed by atoms with Gasteiger partial charge in [0.05, 0.1) is 11.8 Å². The Bertz CT molecular complexity index is 428. The fraction of sp³-hybridized carbons (Fsp3) is 0.500. The molecule has 0 aliphatic rings. The van der Waals surface area contributed by atoms with Gasteiger partial charge in [0.15, 0.2) is 0 Å². The molecule has 1 rings (SSSR count). The lowest BCUT2D eigenvalue weighted by Crippen LogP contribution is -2.49. The van der Waals surface area contributed by atoms with E-state index in [2.05, 4.69) is 5.32 Å². The number of hydrogen-bond donors (Lipinski definition) is 2. The zero-order valence-electron chi connectivity index (χ0n) is 10.4. The average molecular weight is 239 g/mol. The zero-order valence-corrected chi connectivity index (χ0v) is 10.4. The van der Waals surface area contributed by atoms with Crippen LogP contribution in [0.1, 0.15) is 36.9 Å². The lowest BCUT2D eigenvalue weighted by Gasteiger charge is -2.27. The lowest BCUT2D eigenvalue weighted by atomic mass is 9.86. The van der Waals surface area contributed by atoms with E-state index in [-0.39, 0.29) is 0 Å². The second-order valence-electron chi connectivity index (χ2n) is 5.00. The highest BCUT2D eigenvalue weighted by Gasteiger charge is 2.33. The predicted octanol–water partition coefficient (Wildman–Crippen LogP) is 1.82. The SMILES string of the molecule is Cc1occc1C(=O)N[C@H](C(=O)O)C(C)(C)C. The minimum Gasteiger partial charge on any atom is -0.480 e. The van der Waals surface area contributed by atoms with Crippen LogP contribution in [0.4, 0.5) is 0 Å². The van der Waals surface area contributed by atoms with Crippen LogP contribution in [-0.4, -0.2) is 23.0 Å². The summed E-state index contributed by atoms with van der Waals surface area (Å²) >= 11 is 0. The summed E-state index contributed by atoms with van der Waals surface area (Å²) in [4.78, 5) is 23.0. The quantitative estimate of drug-likeness (QED) is 0.843. The molecule has 1 aromatic rings. The van der Waals surface area contributed by atoms with E-state index in [1.54, 1.807) is 27.7 Å². The topological polar surface area (TPSA) is 79.5 Å². The smallest absolute Gasteiger partial charge is 0.326 e. The largest absolute Gasteiger partial charge is 0.480 e. The first kappa shape index (κ1) is 13.3. The molecule has 1 heterocycles. The highest BCUT2D eigenvalue weighted by molar-refractivity contribution is 5.97. The molecule has 0 aromatic carbocycles. The molecular formula is C12H17NO4. The number of carboxylic acids is 1. The van der Waals surface area contributed by atoms with Gasteiger partial charge in [0.1, 0.15) is 11.8 Å². The number of carbonyl (C=O) groups is 2. The van der Waals surface area contributed by atoms with Crippen LogP contribution >= 0.6 is 0 Å². The van der Waals surface area contributed by atoms with Gasteiger partial charge in [-0.2, -0.15) is 0 Å². The van der Waals surface area contributed by atoms with Gasteiger partial charge in [-0.25, -0.2) is 4.79 Å². The van der Waals surface area contributed by atoms with Crippen molar-refractivity contribution in [3.8, 4) is 0 Å². The summed E-state index contributed by atoms with van der Waals surface area (Å²) in [6, 6.07) is 0.580. The molecule has 0 saturated carbocycles. The van der Waals surface area contributed by atoms with Crippen molar-refractivity contribution in [1.82, 2.24) is 5.32 Å². The molecule has 0 saturated heterocycles. The number of aliphatic carboxylic acids is 1. The molecule has 5 heteroatoms. The van der Waals surface area contributed by atoms with E-state index in [0.717, 1.165) is 0 Å². The maximum atomic E-state index is 11.9. The predicted molar refractivity (Wildman–Crippen MR) is 61.8 cm³/mol. The molecule has 1 aromatic heterocycles. The Kier molecular flexibility index (Phi) is 3.60. The Morgan fingerprint density at radius 1 is 1.41 bits per heavy atom. The van der Waals surface area contributed by atoms with Crippen LogP contribution < -0.4 is 5.32 Å². The summed E-state index contributed by atoms with van der Waals surface area (Å²) in [7, 11) is 0. The van der Waals surface area contributed by atoms with Crippen LogP contribution in [0.15, 0.2) is 16.7 Å². The zero-order chi connectivity index (χ0) is 13.2. The molecule has 17 heavy (non-hydrogen) atoms. The van der Waals surface area contributed by atoms with E-state index < -0.39 is 23.3 Å². The first-order chi connectivity index (χ1) is 7.73. The number of furan rings is 1. The molecule has 1 atom stereocenters. The summed E-state index contributed by atoms with van der Waals surface area (Å²) in [5, 5.41) is 11.6. The minimum atomic E-state index is -1.05. The third-order valence-corrected chi connectivity index (χ3v) is 2.49. The Morgan fingerprint density at radius 3 is 2.35 bits per heavy atom. The Morgan fingerprint density at radius 2 is 2.00 bits per heavy atom. The standard InChI is InChI=1S/C12H17NO4/c1-7-8(5-6-17-7)10(14)13-9(11(15)16)12(2,3)4/h5-6,9H,1-4H3,(H,13,14)(H,15,16)/t9-/m1/s1. The molecule has 2 N–H and O–H groups in total. The Hall–Kier alpha value is -1.78. The third-order valence-electron chi connectivity index (χ3n) is 2.49. The minimum absolute atomic E-state index is 0.362. The highest BCUT2D eigenvalue weighted by atomic mass is 16.4. The highest BCUT2D eigenvalue weighted by Crippen LogP contribution is 2.20. The summed E-state index contributed by atoms with van der Waals surface area (Å²) in [5.41, 5.74) is -0.195. The van der Waals surface area contributed by atoms with Gasteiger partial charge in [0.2, 0.25) is 0 Å². The lowest BCUT2D eigenvalue weighted by molar-refractivity contribution is -0.142. The van der Waals surface area contributed by atoms with Crippen LogP contribution in [0.3, 0.4) is 0 Å². The normalized spacial score (nSPS) is 13.2. The van der Waals surface area contributed by atoms with E-state index in [9.17, 15) is 9.59 Å². The number of carboxylic acid groups (broad SMARTS) is 1. The molecule has 0 spiro atoms. The first-order valence-corrected chi connectivity index (χ1v) is 5.31. The van der Waals surface area contributed by atoms with E-state index >= 15 is 0 Å². The van der Waals surface area contributed by atoms with Crippen LogP contribution in [0.2, 0.25) is 0 Å². The summed E-state index contributed by atoms with van der Waals surface area (Å²) in [6.45, 7) is 6.93. The summed E-state index contributed by atoms with van der Waals surface area (Å²) < 4.78 is 5.01. The van der Waals surface area contributed by atoms with Gasteiger partial charge in [0.25, 0.3) is 5.91 Å². The molecule has 0 aliphatic heterocycles. The van der Waals surface area contributed by atoms with Crippen molar-refractivity contribution in [2.75, 3.05) is 0 Å². The van der Waals surface area contributed by atoms with Crippen LogP contribution in [0, 0.1) is 12.3 Å². The molecule has 0 fully saturated rings. The van der Waals surface area contributed by atoms with E-state index in [1.165, 1.54) is 12.3 Å². The van der Waals surface area contributed by atoms with E-state index in [1.807, 2.05) is 0 Å².